The second kappa shape index (κ2) is 11.8. The lowest BCUT2D eigenvalue weighted by atomic mass is 9.99. The third-order valence-electron chi connectivity index (χ3n) is 5.94. The maximum atomic E-state index is 13.5. The summed E-state index contributed by atoms with van der Waals surface area (Å²) in [4.78, 5) is 25.7. The molecule has 0 atom stereocenters. The molecular formula is C28H31NO6S2. The minimum absolute atomic E-state index is 0.0200. The fourth-order valence-corrected chi connectivity index (χ4v) is 7.01. The summed E-state index contributed by atoms with van der Waals surface area (Å²) in [6.45, 7) is 6.08. The molecule has 0 aliphatic rings. The van der Waals surface area contributed by atoms with Gasteiger partial charge in [0, 0.05) is 17.7 Å². The summed E-state index contributed by atoms with van der Waals surface area (Å²) in [7, 11) is -7.94. The molecule has 9 heteroatoms. The first-order valence-electron chi connectivity index (χ1n) is 11.9. The molecule has 3 aromatic carbocycles. The Morgan fingerprint density at radius 3 is 1.49 bits per heavy atom. The summed E-state index contributed by atoms with van der Waals surface area (Å²) in [6, 6.07) is 18.2. The molecule has 0 aliphatic carbocycles. The SMILES string of the molecule is CCCNC(=O)c1ccc(C(=O)C(CS(=O)(=O)c2ccc(C)cc2)CS(=O)(=O)c2ccc(C)cc2)cc1. The summed E-state index contributed by atoms with van der Waals surface area (Å²) in [5.74, 6) is -3.59. The molecule has 0 spiro atoms. The smallest absolute Gasteiger partial charge is 0.251 e. The summed E-state index contributed by atoms with van der Waals surface area (Å²) in [6.07, 6.45) is 0.773. The van der Waals surface area contributed by atoms with Gasteiger partial charge in [-0.3, -0.25) is 9.59 Å². The molecule has 0 bridgehead atoms. The van der Waals surface area contributed by atoms with Crippen LogP contribution in [0, 0.1) is 19.8 Å². The van der Waals surface area contributed by atoms with Crippen molar-refractivity contribution >= 4 is 31.4 Å². The van der Waals surface area contributed by atoms with Crippen LogP contribution in [0.25, 0.3) is 0 Å². The van der Waals surface area contributed by atoms with Crippen LogP contribution < -0.4 is 5.32 Å². The second-order valence-electron chi connectivity index (χ2n) is 9.08. The number of carbonyl (C=O) groups is 2. The molecule has 1 N–H and O–H groups in total. The first kappa shape index (κ1) is 28.3. The molecule has 0 saturated heterocycles. The van der Waals surface area contributed by atoms with Crippen LogP contribution in [0.2, 0.25) is 0 Å². The third kappa shape index (κ3) is 7.36. The summed E-state index contributed by atoms with van der Waals surface area (Å²) in [5.41, 5.74) is 2.23. The predicted molar refractivity (Wildman–Crippen MR) is 143 cm³/mol. The van der Waals surface area contributed by atoms with Crippen molar-refractivity contribution in [1.82, 2.24) is 5.32 Å². The summed E-state index contributed by atoms with van der Waals surface area (Å²) >= 11 is 0. The molecule has 0 fully saturated rings. The maximum absolute atomic E-state index is 13.5. The van der Waals surface area contributed by atoms with Gasteiger partial charge < -0.3 is 5.32 Å². The fraction of sp³-hybridized carbons (Fsp3) is 0.286. The minimum Gasteiger partial charge on any atom is -0.352 e. The number of ketones is 1. The molecule has 0 aromatic heterocycles. The number of benzene rings is 3. The average Bonchev–Trinajstić information content (AvgIpc) is 2.86. The van der Waals surface area contributed by atoms with Crippen LogP contribution in [0.4, 0.5) is 0 Å². The Hall–Kier alpha value is -3.30. The highest BCUT2D eigenvalue weighted by atomic mass is 32.2. The van der Waals surface area contributed by atoms with Crippen LogP contribution >= 0.6 is 0 Å². The van der Waals surface area contributed by atoms with Crippen molar-refractivity contribution in [3.8, 4) is 0 Å². The van der Waals surface area contributed by atoms with Crippen LogP contribution in [0.5, 0.6) is 0 Å². The van der Waals surface area contributed by atoms with Crippen LogP contribution in [0.1, 0.15) is 45.2 Å². The number of Topliss-reactive ketones (excluding diaryl/α,β-unsaturated/α-hetero) is 1. The lowest BCUT2D eigenvalue weighted by Crippen LogP contribution is -2.31. The van der Waals surface area contributed by atoms with Gasteiger partial charge in [-0.05, 0) is 56.7 Å². The van der Waals surface area contributed by atoms with Crippen molar-refractivity contribution in [1.29, 1.82) is 0 Å². The van der Waals surface area contributed by atoms with Gasteiger partial charge in [0.2, 0.25) is 0 Å². The number of rotatable bonds is 11. The van der Waals surface area contributed by atoms with Crippen molar-refractivity contribution in [2.75, 3.05) is 18.1 Å². The number of aryl methyl sites for hydroxylation is 2. The van der Waals surface area contributed by atoms with E-state index in [1.54, 1.807) is 24.3 Å². The molecule has 0 aliphatic heterocycles. The zero-order valence-corrected chi connectivity index (χ0v) is 22.7. The normalized spacial score (nSPS) is 11.9. The van der Waals surface area contributed by atoms with Gasteiger partial charge in [0.25, 0.3) is 5.91 Å². The minimum atomic E-state index is -3.97. The van der Waals surface area contributed by atoms with E-state index in [1.807, 2.05) is 20.8 Å². The molecule has 0 radical (unpaired) electrons. The van der Waals surface area contributed by atoms with E-state index in [-0.39, 0.29) is 21.3 Å². The van der Waals surface area contributed by atoms with Crippen molar-refractivity contribution in [2.24, 2.45) is 5.92 Å². The van der Waals surface area contributed by atoms with Crippen LogP contribution in [0.3, 0.4) is 0 Å². The van der Waals surface area contributed by atoms with E-state index in [0.29, 0.717) is 12.1 Å². The highest BCUT2D eigenvalue weighted by molar-refractivity contribution is 7.92. The van der Waals surface area contributed by atoms with E-state index in [2.05, 4.69) is 5.32 Å². The Labute approximate surface area is 218 Å². The molecule has 0 saturated carbocycles. The number of hydrogen-bond donors (Lipinski definition) is 1. The lowest BCUT2D eigenvalue weighted by molar-refractivity contribution is 0.0935. The second-order valence-corrected chi connectivity index (χ2v) is 13.2. The Balaban J connectivity index is 1.95. The number of nitrogens with one attached hydrogen (secondary N) is 1. The number of amides is 1. The first-order chi connectivity index (χ1) is 17.4. The monoisotopic (exact) mass is 541 g/mol. The first-order valence-corrected chi connectivity index (χ1v) is 15.2. The molecule has 3 aromatic rings. The zero-order valence-electron chi connectivity index (χ0n) is 21.1. The Morgan fingerprint density at radius 1 is 0.676 bits per heavy atom. The zero-order chi connectivity index (χ0) is 27.2. The van der Waals surface area contributed by atoms with Crippen molar-refractivity contribution in [2.45, 2.75) is 37.0 Å². The predicted octanol–water partition coefficient (Wildman–Crippen LogP) is 4.19. The molecular weight excluding hydrogens is 510 g/mol. The van der Waals surface area contributed by atoms with Gasteiger partial charge in [0.05, 0.1) is 27.2 Å². The van der Waals surface area contributed by atoms with Gasteiger partial charge in [0.1, 0.15) is 0 Å². The van der Waals surface area contributed by atoms with Crippen molar-refractivity contribution in [3.05, 3.63) is 95.1 Å². The highest BCUT2D eigenvalue weighted by Gasteiger charge is 2.32. The van der Waals surface area contributed by atoms with Crippen LogP contribution in [0.15, 0.2) is 82.6 Å². The molecule has 3 rings (SSSR count). The topological polar surface area (TPSA) is 114 Å². The van der Waals surface area contributed by atoms with Crippen LogP contribution in [-0.4, -0.2) is 46.6 Å². The van der Waals surface area contributed by atoms with Gasteiger partial charge in [-0.1, -0.05) is 54.4 Å². The quantitative estimate of drug-likeness (QED) is 0.364. The molecule has 196 valence electrons. The highest BCUT2D eigenvalue weighted by Crippen LogP contribution is 2.23. The lowest BCUT2D eigenvalue weighted by Gasteiger charge is -2.17. The fourth-order valence-electron chi connectivity index (χ4n) is 3.78. The Bertz CT molecular complexity index is 1380. The van der Waals surface area contributed by atoms with Gasteiger partial charge in [0.15, 0.2) is 25.5 Å². The molecule has 37 heavy (non-hydrogen) atoms. The summed E-state index contributed by atoms with van der Waals surface area (Å²) in [5, 5.41) is 2.74. The van der Waals surface area contributed by atoms with Crippen LogP contribution in [-0.2, 0) is 19.7 Å². The Morgan fingerprint density at radius 2 is 1.08 bits per heavy atom. The Kier molecular flexibility index (Phi) is 9.04. The van der Waals surface area contributed by atoms with Gasteiger partial charge >= 0.3 is 0 Å². The van der Waals surface area contributed by atoms with Crippen molar-refractivity contribution in [3.63, 3.8) is 0 Å². The molecule has 7 nitrogen and oxygen atoms in total. The number of sulfone groups is 2. The van der Waals surface area contributed by atoms with Gasteiger partial charge in [-0.2, -0.15) is 0 Å². The van der Waals surface area contributed by atoms with E-state index in [9.17, 15) is 26.4 Å². The van der Waals surface area contributed by atoms with Gasteiger partial charge in [-0.15, -0.1) is 0 Å². The van der Waals surface area contributed by atoms with Gasteiger partial charge in [-0.25, -0.2) is 16.8 Å². The van der Waals surface area contributed by atoms with E-state index < -0.39 is 42.9 Å². The third-order valence-corrected chi connectivity index (χ3v) is 9.60. The number of hydrogen-bond acceptors (Lipinski definition) is 6. The molecule has 0 heterocycles. The van der Waals surface area contributed by atoms with E-state index in [4.69, 9.17) is 0 Å². The standard InChI is InChI=1S/C28H31NO6S2/c1-4-17-29-28(31)23-11-9-22(10-12-23)27(30)24(18-36(32,33)25-13-5-20(2)6-14-25)19-37(34,35)26-15-7-21(3)8-16-26/h5-16,24H,4,17-19H2,1-3H3,(H,29,31). The van der Waals surface area contributed by atoms with E-state index in [0.717, 1.165) is 17.5 Å². The molecule has 0 unspecified atom stereocenters. The van der Waals surface area contributed by atoms with Crippen molar-refractivity contribution < 1.29 is 26.4 Å². The average molecular weight is 542 g/mol. The number of carbonyl (C=O) groups excluding carboxylic acids is 2. The van der Waals surface area contributed by atoms with E-state index in [1.165, 1.54) is 48.5 Å². The largest absolute Gasteiger partial charge is 0.352 e. The summed E-state index contributed by atoms with van der Waals surface area (Å²) < 4.78 is 52.8. The molecule has 1 amide bonds. The van der Waals surface area contributed by atoms with E-state index >= 15 is 0 Å². The maximum Gasteiger partial charge on any atom is 0.251 e.